The Morgan fingerprint density at radius 2 is 2.11 bits per heavy atom. The van der Waals surface area contributed by atoms with Crippen molar-refractivity contribution in [2.24, 2.45) is 5.73 Å². The third-order valence-electron chi connectivity index (χ3n) is 3.45. The van der Waals surface area contributed by atoms with Crippen LogP contribution in [0.2, 0.25) is 0 Å². The van der Waals surface area contributed by atoms with Crippen LogP contribution in [-0.2, 0) is 0 Å². The minimum absolute atomic E-state index is 0.499. The number of hydrogen-bond acceptors (Lipinski definition) is 1. The molecule has 0 aliphatic heterocycles. The van der Waals surface area contributed by atoms with Gasteiger partial charge in [0.25, 0.3) is 0 Å². The van der Waals surface area contributed by atoms with Crippen molar-refractivity contribution in [3.63, 3.8) is 0 Å². The van der Waals surface area contributed by atoms with Gasteiger partial charge in [-0.1, -0.05) is 49.4 Å². The van der Waals surface area contributed by atoms with Gasteiger partial charge in [-0.2, -0.15) is 0 Å². The van der Waals surface area contributed by atoms with Crippen molar-refractivity contribution in [1.29, 1.82) is 0 Å². The van der Waals surface area contributed by atoms with E-state index >= 15 is 0 Å². The summed E-state index contributed by atoms with van der Waals surface area (Å²) in [5, 5.41) is 0. The number of benzene rings is 1. The van der Waals surface area contributed by atoms with Gasteiger partial charge in [-0.3, -0.25) is 0 Å². The molecule has 1 heteroatoms. The molecule has 0 radical (unpaired) electrons. The predicted molar refractivity (Wildman–Crippen MR) is 85.3 cm³/mol. The summed E-state index contributed by atoms with van der Waals surface area (Å²) in [5.74, 6) is 0.499. The molecule has 0 fully saturated rings. The maximum absolute atomic E-state index is 5.66. The Kier molecular flexibility index (Phi) is 6.41. The zero-order chi connectivity index (χ0) is 14.3. The summed E-state index contributed by atoms with van der Waals surface area (Å²) in [5.41, 5.74) is 10.6. The van der Waals surface area contributed by atoms with Gasteiger partial charge in [0.05, 0.1) is 0 Å². The van der Waals surface area contributed by atoms with Crippen molar-refractivity contribution < 1.29 is 0 Å². The van der Waals surface area contributed by atoms with E-state index in [2.05, 4.69) is 57.7 Å². The summed E-state index contributed by atoms with van der Waals surface area (Å²) in [7, 11) is 0. The molecule has 0 saturated carbocycles. The highest BCUT2D eigenvalue weighted by Gasteiger charge is 2.11. The summed E-state index contributed by atoms with van der Waals surface area (Å²) < 4.78 is 0. The number of nitrogens with two attached hydrogens (primary N) is 1. The molecule has 1 rings (SSSR count). The molecule has 1 aromatic carbocycles. The molecule has 0 spiro atoms. The molecule has 0 amide bonds. The van der Waals surface area contributed by atoms with E-state index in [4.69, 9.17) is 5.73 Å². The van der Waals surface area contributed by atoms with Gasteiger partial charge in [0, 0.05) is 11.6 Å². The Balaban J connectivity index is 2.86. The van der Waals surface area contributed by atoms with E-state index in [9.17, 15) is 0 Å². The maximum atomic E-state index is 5.66. The summed E-state index contributed by atoms with van der Waals surface area (Å²) in [6, 6.07) is 6.72. The van der Waals surface area contributed by atoms with Crippen LogP contribution in [0.3, 0.4) is 0 Å². The third-order valence-corrected chi connectivity index (χ3v) is 3.45. The molecule has 1 unspecified atom stereocenters. The Hall–Kier alpha value is -1.50. The number of allylic oxidation sites excluding steroid dienone is 3. The van der Waals surface area contributed by atoms with Crippen LogP contribution >= 0.6 is 0 Å². The highest BCUT2D eigenvalue weighted by Crippen LogP contribution is 2.28. The average molecular weight is 257 g/mol. The van der Waals surface area contributed by atoms with Gasteiger partial charge in [0.2, 0.25) is 0 Å². The molecule has 1 aromatic rings. The average Bonchev–Trinajstić information content (AvgIpc) is 2.36. The molecule has 1 atom stereocenters. The first-order valence-corrected chi connectivity index (χ1v) is 7.21. The van der Waals surface area contributed by atoms with E-state index in [1.807, 2.05) is 0 Å². The second kappa shape index (κ2) is 7.83. The van der Waals surface area contributed by atoms with Crippen LogP contribution in [0.5, 0.6) is 0 Å². The molecule has 0 aromatic heterocycles. The molecule has 0 heterocycles. The van der Waals surface area contributed by atoms with Crippen LogP contribution in [0, 0.1) is 13.8 Å². The molecular weight excluding hydrogens is 230 g/mol. The van der Waals surface area contributed by atoms with Gasteiger partial charge in [-0.25, -0.2) is 0 Å². The Morgan fingerprint density at radius 3 is 2.74 bits per heavy atom. The van der Waals surface area contributed by atoms with Crippen molar-refractivity contribution in [2.45, 2.75) is 52.4 Å². The molecule has 104 valence electrons. The first kappa shape index (κ1) is 15.6. The van der Waals surface area contributed by atoms with Gasteiger partial charge in [-0.15, -0.1) is 0 Å². The van der Waals surface area contributed by atoms with Crippen molar-refractivity contribution in [2.75, 3.05) is 0 Å². The van der Waals surface area contributed by atoms with E-state index in [-0.39, 0.29) is 0 Å². The fraction of sp³-hybridized carbons (Fsp3) is 0.444. The third kappa shape index (κ3) is 5.34. The van der Waals surface area contributed by atoms with E-state index in [0.717, 1.165) is 31.4 Å². The van der Waals surface area contributed by atoms with E-state index in [1.54, 1.807) is 0 Å². The van der Waals surface area contributed by atoms with Gasteiger partial charge in [-0.05, 0) is 50.7 Å². The summed E-state index contributed by atoms with van der Waals surface area (Å²) in [4.78, 5) is 0. The SMILES string of the molecule is C=C(N)CCCC(C=CCC)c1cc(C)ccc1C. The lowest BCUT2D eigenvalue weighted by Gasteiger charge is -2.17. The van der Waals surface area contributed by atoms with Crippen LogP contribution in [0.1, 0.15) is 55.2 Å². The Morgan fingerprint density at radius 1 is 1.37 bits per heavy atom. The fourth-order valence-electron chi connectivity index (χ4n) is 2.36. The van der Waals surface area contributed by atoms with Gasteiger partial charge >= 0.3 is 0 Å². The van der Waals surface area contributed by atoms with Crippen molar-refractivity contribution in [3.8, 4) is 0 Å². The Labute approximate surface area is 118 Å². The van der Waals surface area contributed by atoms with E-state index in [1.165, 1.54) is 16.7 Å². The van der Waals surface area contributed by atoms with Crippen LogP contribution in [0.4, 0.5) is 0 Å². The highest BCUT2D eigenvalue weighted by molar-refractivity contribution is 5.35. The van der Waals surface area contributed by atoms with E-state index < -0.39 is 0 Å². The molecule has 0 saturated heterocycles. The monoisotopic (exact) mass is 257 g/mol. The predicted octanol–water partition coefficient (Wildman–Crippen LogP) is 5.00. The Bertz CT molecular complexity index is 443. The topological polar surface area (TPSA) is 26.0 Å². The first-order chi connectivity index (χ1) is 9.04. The van der Waals surface area contributed by atoms with Crippen LogP contribution < -0.4 is 5.73 Å². The number of hydrogen-bond donors (Lipinski definition) is 1. The lowest BCUT2D eigenvalue weighted by atomic mass is 9.88. The minimum atomic E-state index is 0.499. The molecule has 0 aliphatic carbocycles. The van der Waals surface area contributed by atoms with Gasteiger partial charge in [0.15, 0.2) is 0 Å². The molecule has 1 nitrogen and oxygen atoms in total. The van der Waals surface area contributed by atoms with E-state index in [0.29, 0.717) is 5.92 Å². The molecule has 2 N–H and O–H groups in total. The second-order valence-corrected chi connectivity index (χ2v) is 5.35. The molecule has 0 aliphatic rings. The smallest absolute Gasteiger partial charge is 0.00208 e. The van der Waals surface area contributed by atoms with Crippen LogP contribution in [0.15, 0.2) is 42.6 Å². The normalized spacial score (nSPS) is 12.8. The largest absolute Gasteiger partial charge is 0.403 e. The van der Waals surface area contributed by atoms with Crippen molar-refractivity contribution in [1.82, 2.24) is 0 Å². The maximum Gasteiger partial charge on any atom is 0.00208 e. The summed E-state index contributed by atoms with van der Waals surface area (Å²) in [6.45, 7) is 10.3. The highest BCUT2D eigenvalue weighted by atomic mass is 14.5. The van der Waals surface area contributed by atoms with Crippen LogP contribution in [0.25, 0.3) is 0 Å². The van der Waals surface area contributed by atoms with Crippen LogP contribution in [-0.4, -0.2) is 0 Å². The molecule has 0 bridgehead atoms. The van der Waals surface area contributed by atoms with Crippen molar-refractivity contribution in [3.05, 3.63) is 59.3 Å². The lowest BCUT2D eigenvalue weighted by Crippen LogP contribution is -2.01. The quantitative estimate of drug-likeness (QED) is 0.684. The molecule has 19 heavy (non-hydrogen) atoms. The van der Waals surface area contributed by atoms with Crippen molar-refractivity contribution >= 4 is 0 Å². The summed E-state index contributed by atoms with van der Waals surface area (Å²) >= 11 is 0. The van der Waals surface area contributed by atoms with Gasteiger partial charge in [0.1, 0.15) is 0 Å². The lowest BCUT2D eigenvalue weighted by molar-refractivity contribution is 0.667. The number of rotatable bonds is 7. The van der Waals surface area contributed by atoms with Gasteiger partial charge < -0.3 is 5.73 Å². The fourth-order valence-corrected chi connectivity index (χ4v) is 2.36. The second-order valence-electron chi connectivity index (χ2n) is 5.35. The standard InChI is InChI=1S/C18H27N/c1-5-6-9-17(10-7-8-16(4)19)18-13-14(2)11-12-15(18)3/h6,9,11-13,17H,4-5,7-8,10,19H2,1-3H3. The molecular formula is C18H27N. The minimum Gasteiger partial charge on any atom is -0.403 e. The summed E-state index contributed by atoms with van der Waals surface area (Å²) in [6.07, 6.45) is 8.86. The zero-order valence-electron chi connectivity index (χ0n) is 12.6. The zero-order valence-corrected chi connectivity index (χ0v) is 12.6. The first-order valence-electron chi connectivity index (χ1n) is 7.21. The number of aryl methyl sites for hydroxylation is 2.